The number of aromatic nitrogens is 1. The van der Waals surface area contributed by atoms with E-state index >= 15 is 0 Å². The molecule has 1 aromatic heterocycles. The van der Waals surface area contributed by atoms with Crippen molar-refractivity contribution in [1.29, 1.82) is 0 Å². The number of aryl methyl sites for hydroxylation is 1. The second-order valence-electron chi connectivity index (χ2n) is 3.66. The number of benzene rings is 1. The Hall–Kier alpha value is -1.57. The maximum Gasteiger partial charge on any atom is 0.134 e. The van der Waals surface area contributed by atoms with Crippen molar-refractivity contribution < 1.29 is 4.79 Å². The first-order valence-corrected chi connectivity index (χ1v) is 4.71. The van der Waals surface area contributed by atoms with Crippen molar-refractivity contribution >= 4 is 16.7 Å². The number of fused-ring (bicyclic) bond motifs is 1. The van der Waals surface area contributed by atoms with E-state index < -0.39 is 0 Å². The van der Waals surface area contributed by atoms with Crippen LogP contribution in [0.25, 0.3) is 10.9 Å². The van der Waals surface area contributed by atoms with E-state index in [1.807, 2.05) is 25.4 Å². The largest absolute Gasteiger partial charge is 0.350 e. The summed E-state index contributed by atoms with van der Waals surface area (Å²) >= 11 is 0. The minimum Gasteiger partial charge on any atom is -0.350 e. The van der Waals surface area contributed by atoms with E-state index in [1.165, 1.54) is 10.9 Å². The van der Waals surface area contributed by atoms with E-state index in [9.17, 15) is 4.79 Å². The Morgan fingerprint density at radius 2 is 2.07 bits per heavy atom. The Morgan fingerprint density at radius 3 is 2.79 bits per heavy atom. The zero-order valence-electron chi connectivity index (χ0n) is 8.45. The highest BCUT2D eigenvalue weighted by Crippen LogP contribution is 2.20. The lowest BCUT2D eigenvalue weighted by atomic mass is 10.1. The summed E-state index contributed by atoms with van der Waals surface area (Å²) < 4.78 is 2.06. The molecule has 0 N–H and O–H groups in total. The van der Waals surface area contributed by atoms with Gasteiger partial charge in [0.2, 0.25) is 0 Å². The Labute approximate surface area is 83.2 Å². The summed E-state index contributed by atoms with van der Waals surface area (Å²) in [6, 6.07) is 8.15. The molecular weight excluding hydrogens is 174 g/mol. The topological polar surface area (TPSA) is 22.0 Å². The summed E-state index contributed by atoms with van der Waals surface area (Å²) in [6.07, 6.45) is 2.56. The standard InChI is InChI=1S/C12H13NO/c1-9(14)7-10-8-13(2)12-6-4-3-5-11(10)12/h3-6,8H,7H2,1-2H3. The Kier molecular flexibility index (Phi) is 2.12. The van der Waals surface area contributed by atoms with Gasteiger partial charge in [-0.2, -0.15) is 0 Å². The van der Waals surface area contributed by atoms with Crippen LogP contribution in [0, 0.1) is 0 Å². The van der Waals surface area contributed by atoms with Crippen molar-refractivity contribution in [3.63, 3.8) is 0 Å². The summed E-state index contributed by atoms with van der Waals surface area (Å²) in [5.41, 5.74) is 2.30. The van der Waals surface area contributed by atoms with Gasteiger partial charge in [-0.25, -0.2) is 0 Å². The van der Waals surface area contributed by atoms with E-state index in [4.69, 9.17) is 0 Å². The maximum atomic E-state index is 11.1. The van der Waals surface area contributed by atoms with Crippen molar-refractivity contribution in [2.75, 3.05) is 0 Å². The van der Waals surface area contributed by atoms with E-state index in [0.717, 1.165) is 5.56 Å². The van der Waals surface area contributed by atoms with Gasteiger partial charge in [-0.05, 0) is 18.6 Å². The van der Waals surface area contributed by atoms with E-state index in [0.29, 0.717) is 6.42 Å². The van der Waals surface area contributed by atoms with Crippen LogP contribution in [0.5, 0.6) is 0 Å². The van der Waals surface area contributed by atoms with Crippen LogP contribution in [0.15, 0.2) is 30.5 Å². The van der Waals surface area contributed by atoms with Gasteiger partial charge in [0.25, 0.3) is 0 Å². The first-order chi connectivity index (χ1) is 6.68. The normalized spacial score (nSPS) is 10.7. The van der Waals surface area contributed by atoms with Crippen molar-refractivity contribution in [2.45, 2.75) is 13.3 Å². The maximum absolute atomic E-state index is 11.1. The van der Waals surface area contributed by atoms with Gasteiger partial charge in [0.1, 0.15) is 5.78 Å². The fourth-order valence-electron chi connectivity index (χ4n) is 1.83. The molecule has 0 saturated carbocycles. The third-order valence-electron chi connectivity index (χ3n) is 2.42. The molecule has 1 aromatic carbocycles. The van der Waals surface area contributed by atoms with Gasteiger partial charge in [0, 0.05) is 30.6 Å². The quantitative estimate of drug-likeness (QED) is 0.707. The third kappa shape index (κ3) is 1.43. The highest BCUT2D eigenvalue weighted by molar-refractivity contribution is 5.89. The summed E-state index contributed by atoms with van der Waals surface area (Å²) in [4.78, 5) is 11.1. The molecule has 0 aliphatic heterocycles. The van der Waals surface area contributed by atoms with E-state index in [-0.39, 0.29) is 5.78 Å². The molecule has 14 heavy (non-hydrogen) atoms. The zero-order chi connectivity index (χ0) is 10.1. The lowest BCUT2D eigenvalue weighted by Crippen LogP contribution is -1.94. The monoisotopic (exact) mass is 187 g/mol. The molecule has 0 aliphatic rings. The molecule has 0 unspecified atom stereocenters. The molecule has 2 aromatic rings. The minimum absolute atomic E-state index is 0.210. The molecule has 0 spiro atoms. The molecule has 0 atom stereocenters. The number of hydrogen-bond acceptors (Lipinski definition) is 1. The second kappa shape index (κ2) is 3.29. The van der Waals surface area contributed by atoms with Gasteiger partial charge in [0.05, 0.1) is 0 Å². The smallest absolute Gasteiger partial charge is 0.134 e. The van der Waals surface area contributed by atoms with Crippen molar-refractivity contribution in [2.24, 2.45) is 7.05 Å². The predicted molar refractivity (Wildman–Crippen MR) is 57.3 cm³/mol. The number of nitrogens with zero attached hydrogens (tertiary/aromatic N) is 1. The van der Waals surface area contributed by atoms with Gasteiger partial charge < -0.3 is 4.57 Å². The lowest BCUT2D eigenvalue weighted by molar-refractivity contribution is -0.116. The number of ketones is 1. The molecule has 0 bridgehead atoms. The fourth-order valence-corrected chi connectivity index (χ4v) is 1.83. The second-order valence-corrected chi connectivity index (χ2v) is 3.66. The number of hydrogen-bond donors (Lipinski definition) is 0. The first kappa shape index (κ1) is 9.00. The van der Waals surface area contributed by atoms with Gasteiger partial charge in [-0.3, -0.25) is 4.79 Å². The highest BCUT2D eigenvalue weighted by atomic mass is 16.1. The average molecular weight is 187 g/mol. The lowest BCUT2D eigenvalue weighted by Gasteiger charge is -1.94. The first-order valence-electron chi connectivity index (χ1n) is 4.71. The average Bonchev–Trinajstić information content (AvgIpc) is 2.44. The number of rotatable bonds is 2. The molecule has 0 amide bonds. The van der Waals surface area contributed by atoms with Crippen LogP contribution < -0.4 is 0 Å². The molecule has 2 heteroatoms. The summed E-state index contributed by atoms with van der Waals surface area (Å²) in [7, 11) is 2.01. The summed E-state index contributed by atoms with van der Waals surface area (Å²) in [5, 5.41) is 1.19. The van der Waals surface area contributed by atoms with Crippen molar-refractivity contribution in [3.8, 4) is 0 Å². The van der Waals surface area contributed by atoms with Crippen LogP contribution in [-0.4, -0.2) is 10.4 Å². The number of carbonyl (C=O) groups is 1. The van der Waals surface area contributed by atoms with Gasteiger partial charge in [0.15, 0.2) is 0 Å². The Bertz CT molecular complexity index is 482. The van der Waals surface area contributed by atoms with Gasteiger partial charge in [-0.15, -0.1) is 0 Å². The molecular formula is C12H13NO. The highest BCUT2D eigenvalue weighted by Gasteiger charge is 2.06. The molecule has 2 rings (SSSR count). The van der Waals surface area contributed by atoms with E-state index in [1.54, 1.807) is 6.92 Å². The van der Waals surface area contributed by atoms with Crippen LogP contribution in [0.2, 0.25) is 0 Å². The molecule has 72 valence electrons. The number of carbonyl (C=O) groups excluding carboxylic acids is 1. The minimum atomic E-state index is 0.210. The van der Waals surface area contributed by atoms with Crippen molar-refractivity contribution in [1.82, 2.24) is 4.57 Å². The Balaban J connectivity index is 2.60. The zero-order valence-corrected chi connectivity index (χ0v) is 8.45. The molecule has 0 aliphatic carbocycles. The van der Waals surface area contributed by atoms with Crippen LogP contribution in [0.4, 0.5) is 0 Å². The fraction of sp³-hybridized carbons (Fsp3) is 0.250. The van der Waals surface area contributed by atoms with Crippen LogP contribution >= 0.6 is 0 Å². The molecule has 2 nitrogen and oxygen atoms in total. The SMILES string of the molecule is CC(=O)Cc1cn(C)c2ccccc12. The molecule has 0 radical (unpaired) electrons. The summed E-state index contributed by atoms with van der Waals surface area (Å²) in [6.45, 7) is 1.63. The molecule has 0 fully saturated rings. The number of Topliss-reactive ketones (excluding diaryl/α,β-unsaturated/α-hetero) is 1. The van der Waals surface area contributed by atoms with Crippen LogP contribution in [0.1, 0.15) is 12.5 Å². The van der Waals surface area contributed by atoms with Gasteiger partial charge in [-0.1, -0.05) is 18.2 Å². The summed E-state index contributed by atoms with van der Waals surface area (Å²) in [5.74, 6) is 0.210. The molecule has 0 saturated heterocycles. The van der Waals surface area contributed by atoms with Gasteiger partial charge >= 0.3 is 0 Å². The number of para-hydroxylation sites is 1. The molecule has 1 heterocycles. The predicted octanol–water partition coefficient (Wildman–Crippen LogP) is 2.31. The van der Waals surface area contributed by atoms with Crippen LogP contribution in [0.3, 0.4) is 0 Å². The van der Waals surface area contributed by atoms with E-state index in [2.05, 4.69) is 16.7 Å². The third-order valence-corrected chi connectivity index (χ3v) is 2.42. The Morgan fingerprint density at radius 1 is 1.36 bits per heavy atom. The van der Waals surface area contributed by atoms with Crippen molar-refractivity contribution in [3.05, 3.63) is 36.0 Å². The van der Waals surface area contributed by atoms with Crippen LogP contribution in [-0.2, 0) is 18.3 Å².